The zero-order valence-electron chi connectivity index (χ0n) is 34.9. The molecule has 59 heavy (non-hydrogen) atoms. The number of carbonyl (C=O) groups excluding carboxylic acids is 4. The number of carboxylic acids is 1. The third-order valence-corrected chi connectivity index (χ3v) is 8.74. The van der Waals surface area contributed by atoms with Crippen molar-refractivity contribution in [3.05, 3.63) is 106 Å². The third-order valence-electron chi connectivity index (χ3n) is 7.75. The Kier molecular flexibility index (Phi) is 26.1. The minimum atomic E-state index is -1.13. The number of alkyl carbamates (subject to hydrolysis) is 1. The van der Waals surface area contributed by atoms with E-state index < -0.39 is 54.6 Å². The highest BCUT2D eigenvalue weighted by Gasteiger charge is 2.29. The van der Waals surface area contributed by atoms with Crippen molar-refractivity contribution in [1.82, 2.24) is 20.9 Å². The fourth-order valence-corrected chi connectivity index (χ4v) is 5.11. The van der Waals surface area contributed by atoms with Crippen molar-refractivity contribution in [3.63, 3.8) is 0 Å². The van der Waals surface area contributed by atoms with Crippen LogP contribution in [0.15, 0.2) is 83.5 Å². The quantitative estimate of drug-likeness (QED) is 0.103. The van der Waals surface area contributed by atoms with Gasteiger partial charge in [-0.3, -0.25) is 19.2 Å². The maximum Gasteiger partial charge on any atom is 0.407 e. The van der Waals surface area contributed by atoms with Gasteiger partial charge in [0.25, 0.3) is 11.8 Å². The molecule has 0 aliphatic heterocycles. The number of hydrogen-bond acceptors (Lipinski definition) is 8. The average molecular weight is 863 g/mol. The Morgan fingerprint density at radius 2 is 1.27 bits per heavy atom. The van der Waals surface area contributed by atoms with Crippen LogP contribution in [0.5, 0.6) is 0 Å². The molecule has 1 aliphatic rings. The minimum Gasteiger partial charge on any atom is -0.480 e. The topological polar surface area (TPSA) is 178 Å². The number of carbonyl (C=O) groups is 5. The molecule has 12 nitrogen and oxygen atoms in total. The summed E-state index contributed by atoms with van der Waals surface area (Å²) in [4.78, 5) is 55.1. The second-order valence-corrected chi connectivity index (χ2v) is 14.2. The minimum absolute atomic E-state index is 0.0340. The largest absolute Gasteiger partial charge is 0.480 e. The van der Waals surface area contributed by atoms with Gasteiger partial charge in [-0.1, -0.05) is 90.0 Å². The van der Waals surface area contributed by atoms with Crippen molar-refractivity contribution in [2.75, 3.05) is 27.0 Å². The van der Waals surface area contributed by atoms with Crippen LogP contribution >= 0.6 is 23.2 Å². The Hall–Kier alpha value is -5.52. The number of carboxylic acid groups (broad SMARTS) is 1. The summed E-state index contributed by atoms with van der Waals surface area (Å²) >= 11 is 11.1. The first-order valence-electron chi connectivity index (χ1n) is 18.4. The fourth-order valence-electron chi connectivity index (χ4n) is 4.99. The van der Waals surface area contributed by atoms with Crippen LogP contribution in [0.25, 0.3) is 11.1 Å². The van der Waals surface area contributed by atoms with Gasteiger partial charge in [-0.2, -0.15) is 5.26 Å². The van der Waals surface area contributed by atoms with E-state index in [0.29, 0.717) is 0 Å². The highest BCUT2D eigenvalue weighted by molar-refractivity contribution is 6.64. The van der Waals surface area contributed by atoms with E-state index in [2.05, 4.69) is 58.9 Å². The van der Waals surface area contributed by atoms with Crippen molar-refractivity contribution in [1.29, 1.82) is 5.26 Å². The normalized spacial score (nSPS) is 11.4. The summed E-state index contributed by atoms with van der Waals surface area (Å²) in [6, 6.07) is 24.6. The van der Waals surface area contributed by atoms with Crippen LogP contribution in [-0.2, 0) is 30.5 Å². The first kappa shape index (κ1) is 53.5. The zero-order chi connectivity index (χ0) is 45.2. The molecule has 0 bridgehead atoms. The van der Waals surface area contributed by atoms with Crippen LogP contribution in [0.2, 0.25) is 0 Å². The van der Waals surface area contributed by atoms with E-state index in [1.165, 1.54) is 31.9 Å². The van der Waals surface area contributed by atoms with E-state index in [1.807, 2.05) is 62.6 Å². The van der Waals surface area contributed by atoms with Crippen molar-refractivity contribution < 1.29 is 42.6 Å². The molecule has 322 valence electrons. The Morgan fingerprint density at radius 1 is 0.814 bits per heavy atom. The average Bonchev–Trinajstić information content (AvgIpc) is 3.51. The number of alkyl halides is 2. The van der Waals surface area contributed by atoms with Gasteiger partial charge in [0, 0.05) is 32.5 Å². The number of hydrogen-bond donors (Lipinski definition) is 4. The van der Waals surface area contributed by atoms with Gasteiger partial charge in [0.2, 0.25) is 5.24 Å². The summed E-state index contributed by atoms with van der Waals surface area (Å²) < 4.78 is 28.0. The summed E-state index contributed by atoms with van der Waals surface area (Å²) in [5, 5.41) is 22.9. The van der Waals surface area contributed by atoms with Crippen molar-refractivity contribution >= 4 is 52.3 Å². The zero-order valence-corrected chi connectivity index (χ0v) is 36.4. The van der Waals surface area contributed by atoms with Gasteiger partial charge in [0.15, 0.2) is 13.3 Å². The van der Waals surface area contributed by atoms with Gasteiger partial charge in [-0.15, -0.1) is 0 Å². The predicted octanol–water partition coefficient (Wildman–Crippen LogP) is 8.15. The van der Waals surface area contributed by atoms with Gasteiger partial charge in [0.05, 0.1) is 6.07 Å². The third kappa shape index (κ3) is 21.2. The van der Waals surface area contributed by atoms with Gasteiger partial charge in [-0.25, -0.2) is 13.6 Å². The standard InChI is InChI=1S/C18H17NO4.C13H18ClN.C5H7ClFNO2.C5H10FNO.C2H3N/c1-11(17(20)21)19-18(22)23-10-16-14-8-4-2-6-12(14)13-7-3-5-9-15(13)16;1-10(2)13(14)15(4)9-12-7-5-11(3)6-8-12;1-3(5(6)10)8-4(9)2-7;1-4(2)7-5(8)3-6;1-2-3/h2-9,11,16H,10H2,1H3,(H,19,22)(H,20,21);5-8H,9H2,1-4H3;3H,2H2,1H3,(H,8,9);4H,3H2,1-2H3,(H,7,8);1H3/t11-;;;;/m0..../s1. The molecule has 0 aromatic heterocycles. The lowest BCUT2D eigenvalue weighted by atomic mass is 9.98. The number of amides is 3. The van der Waals surface area contributed by atoms with Crippen molar-refractivity contribution in [2.45, 2.75) is 86.0 Å². The number of nitriles is 1. The number of aliphatic carboxylic acids is 1. The first-order valence-corrected chi connectivity index (χ1v) is 19.1. The second kappa shape index (κ2) is 28.8. The van der Waals surface area contributed by atoms with Gasteiger partial charge < -0.3 is 30.7 Å². The van der Waals surface area contributed by atoms with Gasteiger partial charge >= 0.3 is 12.1 Å². The molecule has 0 fully saturated rings. The van der Waals surface area contributed by atoms with E-state index in [9.17, 15) is 32.8 Å². The second-order valence-electron chi connectivity index (χ2n) is 13.5. The molecule has 4 rings (SSSR count). The van der Waals surface area contributed by atoms with Crippen LogP contribution in [-0.4, -0.2) is 84.3 Å². The highest BCUT2D eigenvalue weighted by Crippen LogP contribution is 2.44. The molecule has 3 aromatic rings. The molecule has 0 spiro atoms. The number of rotatable bonds is 12. The summed E-state index contributed by atoms with van der Waals surface area (Å²) in [5.41, 5.74) is 8.25. The molecular weight excluding hydrogens is 807 g/mol. The monoisotopic (exact) mass is 861 g/mol. The van der Waals surface area contributed by atoms with E-state index in [4.69, 9.17) is 38.3 Å². The molecule has 3 amide bonds. The SMILES string of the molecule is CC#N.CC(C)=C(Cl)N(C)Cc1ccc(C)cc1.CC(C)NC(=O)CF.CC(NC(=O)CF)C(=O)Cl.C[C@H](NC(=O)OCC1c2ccccc2-c2ccccc21)C(=O)O. The predicted molar refractivity (Wildman–Crippen MR) is 227 cm³/mol. The summed E-state index contributed by atoms with van der Waals surface area (Å²) in [6.45, 7) is 12.9. The molecule has 4 N–H and O–H groups in total. The molecule has 0 saturated heterocycles. The lowest BCUT2D eigenvalue weighted by Crippen LogP contribution is -2.39. The van der Waals surface area contributed by atoms with Crippen LogP contribution in [0, 0.1) is 18.3 Å². The maximum absolute atomic E-state index is 11.7. The fraction of sp³-hybridized carbons (Fsp3) is 0.395. The Balaban J connectivity index is 0.000000807. The van der Waals surface area contributed by atoms with Crippen LogP contribution in [0.3, 0.4) is 0 Å². The Morgan fingerprint density at radius 3 is 1.66 bits per heavy atom. The number of nitrogens with one attached hydrogen (secondary N) is 3. The van der Waals surface area contributed by atoms with E-state index in [0.717, 1.165) is 39.5 Å². The van der Waals surface area contributed by atoms with Crippen molar-refractivity contribution in [3.8, 4) is 17.2 Å². The lowest BCUT2D eigenvalue weighted by Gasteiger charge is -2.19. The first-order chi connectivity index (χ1) is 27.7. The molecular formula is C43H55Cl2F2N5O7. The molecule has 0 heterocycles. The molecule has 0 saturated carbocycles. The molecule has 16 heteroatoms. The Labute approximate surface area is 355 Å². The van der Waals surface area contributed by atoms with Crippen LogP contribution < -0.4 is 16.0 Å². The number of benzene rings is 3. The Bertz CT molecular complexity index is 1840. The highest BCUT2D eigenvalue weighted by atomic mass is 35.5. The van der Waals surface area contributed by atoms with Gasteiger partial charge in [-0.05, 0) is 93.5 Å². The number of fused-ring (bicyclic) bond motifs is 3. The molecule has 0 radical (unpaired) electrons. The molecule has 3 aromatic carbocycles. The lowest BCUT2D eigenvalue weighted by molar-refractivity contribution is -0.138. The number of nitrogens with zero attached hydrogens (tertiary/aromatic N) is 2. The number of halogens is 4. The van der Waals surface area contributed by atoms with E-state index in [-0.39, 0.29) is 18.6 Å². The summed E-state index contributed by atoms with van der Waals surface area (Å²) in [5.74, 6) is -2.51. The number of aryl methyl sites for hydroxylation is 1. The van der Waals surface area contributed by atoms with Crippen LogP contribution in [0.4, 0.5) is 13.6 Å². The van der Waals surface area contributed by atoms with Crippen molar-refractivity contribution in [2.24, 2.45) is 0 Å². The summed E-state index contributed by atoms with van der Waals surface area (Å²) in [7, 11) is 2.01. The summed E-state index contributed by atoms with van der Waals surface area (Å²) in [6.07, 6.45) is -0.721. The molecule has 1 unspecified atom stereocenters. The maximum atomic E-state index is 11.7. The smallest absolute Gasteiger partial charge is 0.407 e. The molecule has 2 atom stereocenters. The van der Waals surface area contributed by atoms with Gasteiger partial charge in [0.1, 0.15) is 23.8 Å². The molecule has 1 aliphatic carbocycles. The van der Waals surface area contributed by atoms with E-state index >= 15 is 0 Å². The number of allylic oxidation sites excluding steroid dienone is 1. The van der Waals surface area contributed by atoms with E-state index in [1.54, 1.807) is 19.9 Å². The van der Waals surface area contributed by atoms with Crippen LogP contribution in [0.1, 0.15) is 76.6 Å². The number of ether oxygens (including phenoxy) is 1.